The summed E-state index contributed by atoms with van der Waals surface area (Å²) in [4.78, 5) is 0. The Labute approximate surface area is 122 Å². The highest BCUT2D eigenvalue weighted by atomic mass is 16.3. The molecule has 0 aromatic carbocycles. The van der Waals surface area contributed by atoms with Gasteiger partial charge in [-0.1, -0.05) is 26.7 Å². The van der Waals surface area contributed by atoms with Gasteiger partial charge < -0.3 is 10.4 Å². The van der Waals surface area contributed by atoms with E-state index in [0.717, 1.165) is 18.7 Å². The van der Waals surface area contributed by atoms with Crippen LogP contribution in [-0.2, 0) is 6.42 Å². The summed E-state index contributed by atoms with van der Waals surface area (Å²) in [7, 11) is 0. The molecule has 20 heavy (non-hydrogen) atoms. The predicted octanol–water partition coefficient (Wildman–Crippen LogP) is 2.68. The van der Waals surface area contributed by atoms with E-state index in [2.05, 4.69) is 41.2 Å². The molecule has 1 aromatic heterocycles. The molecule has 1 aromatic rings. The largest absolute Gasteiger partial charge is 0.390 e. The van der Waals surface area contributed by atoms with E-state index in [1.54, 1.807) is 0 Å². The Balaban J connectivity index is 1.85. The molecule has 1 fully saturated rings. The normalized spacial score (nSPS) is 19.6. The van der Waals surface area contributed by atoms with Crippen molar-refractivity contribution in [1.29, 1.82) is 0 Å². The zero-order valence-electron chi connectivity index (χ0n) is 13.1. The number of aromatic nitrogens is 2. The van der Waals surface area contributed by atoms with Crippen molar-refractivity contribution in [3.63, 3.8) is 0 Å². The minimum Gasteiger partial charge on any atom is -0.390 e. The average Bonchev–Trinajstić information content (AvgIpc) is 2.96. The Hall–Kier alpha value is -0.870. The van der Waals surface area contributed by atoms with Gasteiger partial charge in [-0.25, -0.2) is 0 Å². The third kappa shape index (κ3) is 4.60. The first kappa shape index (κ1) is 15.5. The van der Waals surface area contributed by atoms with Crippen LogP contribution in [0, 0.1) is 0 Å². The van der Waals surface area contributed by atoms with E-state index in [-0.39, 0.29) is 0 Å². The number of nitrogens with one attached hydrogen (secondary N) is 1. The molecule has 0 saturated heterocycles. The van der Waals surface area contributed by atoms with Crippen LogP contribution in [0.1, 0.15) is 64.6 Å². The topological polar surface area (TPSA) is 50.1 Å². The third-order valence-corrected chi connectivity index (χ3v) is 4.14. The van der Waals surface area contributed by atoms with Crippen molar-refractivity contribution >= 4 is 0 Å². The zero-order chi connectivity index (χ0) is 14.6. The van der Waals surface area contributed by atoms with Crippen molar-refractivity contribution in [2.45, 2.75) is 77.0 Å². The summed E-state index contributed by atoms with van der Waals surface area (Å²) >= 11 is 0. The molecule has 1 aliphatic carbocycles. The second-order valence-electron chi connectivity index (χ2n) is 6.76. The molecule has 1 saturated carbocycles. The number of hydrogen-bond acceptors (Lipinski definition) is 3. The second kappa shape index (κ2) is 6.72. The summed E-state index contributed by atoms with van der Waals surface area (Å²) in [5, 5.41) is 18.5. The van der Waals surface area contributed by atoms with Crippen LogP contribution in [0.2, 0.25) is 0 Å². The van der Waals surface area contributed by atoms with E-state index in [1.807, 2.05) is 6.92 Å². The molecule has 0 amide bonds. The summed E-state index contributed by atoms with van der Waals surface area (Å²) in [6.07, 6.45) is 8.59. The molecule has 4 heteroatoms. The Morgan fingerprint density at radius 1 is 1.45 bits per heavy atom. The van der Waals surface area contributed by atoms with Crippen molar-refractivity contribution < 1.29 is 5.11 Å². The van der Waals surface area contributed by atoms with Gasteiger partial charge >= 0.3 is 0 Å². The SMILES string of the molecule is CC(C)NCCC(C)(O)Cc1ccn(C2CCCC2)n1. The molecule has 2 rings (SSSR count). The van der Waals surface area contributed by atoms with E-state index in [1.165, 1.54) is 25.7 Å². The lowest BCUT2D eigenvalue weighted by molar-refractivity contribution is 0.0499. The number of nitrogens with zero attached hydrogens (tertiary/aromatic N) is 2. The fourth-order valence-electron chi connectivity index (χ4n) is 2.95. The van der Waals surface area contributed by atoms with Gasteiger partial charge in [0.2, 0.25) is 0 Å². The maximum absolute atomic E-state index is 10.5. The van der Waals surface area contributed by atoms with E-state index >= 15 is 0 Å². The second-order valence-corrected chi connectivity index (χ2v) is 6.76. The average molecular weight is 279 g/mol. The van der Waals surface area contributed by atoms with Crippen LogP contribution >= 0.6 is 0 Å². The molecule has 1 heterocycles. The number of rotatable bonds is 7. The highest BCUT2D eigenvalue weighted by Crippen LogP contribution is 2.29. The summed E-state index contributed by atoms with van der Waals surface area (Å²) < 4.78 is 2.10. The minimum absolute atomic E-state index is 0.465. The fraction of sp³-hybridized carbons (Fsp3) is 0.812. The van der Waals surface area contributed by atoms with Gasteiger partial charge in [0.15, 0.2) is 0 Å². The third-order valence-electron chi connectivity index (χ3n) is 4.14. The van der Waals surface area contributed by atoms with Crippen molar-refractivity contribution in [1.82, 2.24) is 15.1 Å². The first-order valence-electron chi connectivity index (χ1n) is 7.96. The molecule has 1 unspecified atom stereocenters. The highest BCUT2D eigenvalue weighted by Gasteiger charge is 2.23. The first-order chi connectivity index (χ1) is 9.46. The van der Waals surface area contributed by atoms with Gasteiger partial charge in [0, 0.05) is 18.7 Å². The molecule has 0 radical (unpaired) electrons. The van der Waals surface area contributed by atoms with Crippen molar-refractivity contribution in [2.75, 3.05) is 6.54 Å². The zero-order valence-corrected chi connectivity index (χ0v) is 13.1. The summed E-state index contributed by atoms with van der Waals surface area (Å²) in [5.74, 6) is 0. The van der Waals surface area contributed by atoms with Crippen molar-refractivity contribution in [3.05, 3.63) is 18.0 Å². The Morgan fingerprint density at radius 2 is 2.15 bits per heavy atom. The van der Waals surface area contributed by atoms with Crippen LogP contribution in [0.3, 0.4) is 0 Å². The minimum atomic E-state index is -0.684. The van der Waals surface area contributed by atoms with Crippen LogP contribution < -0.4 is 5.32 Å². The van der Waals surface area contributed by atoms with Crippen molar-refractivity contribution in [2.24, 2.45) is 0 Å². The quantitative estimate of drug-likeness (QED) is 0.807. The summed E-state index contributed by atoms with van der Waals surface area (Å²) in [6.45, 7) is 6.99. The smallest absolute Gasteiger partial charge is 0.0687 e. The molecule has 0 bridgehead atoms. The van der Waals surface area contributed by atoms with E-state index in [4.69, 9.17) is 0 Å². The Morgan fingerprint density at radius 3 is 2.80 bits per heavy atom. The number of hydrogen-bond donors (Lipinski definition) is 2. The van der Waals surface area contributed by atoms with Gasteiger partial charge in [-0.05, 0) is 38.8 Å². The maximum Gasteiger partial charge on any atom is 0.0687 e. The van der Waals surface area contributed by atoms with Gasteiger partial charge in [-0.3, -0.25) is 4.68 Å². The Bertz CT molecular complexity index is 406. The molecule has 0 aliphatic heterocycles. The molecule has 2 N–H and O–H groups in total. The molecule has 1 atom stereocenters. The molecule has 0 spiro atoms. The van der Waals surface area contributed by atoms with Gasteiger partial charge in [0.1, 0.15) is 0 Å². The van der Waals surface area contributed by atoms with Gasteiger partial charge in [-0.15, -0.1) is 0 Å². The Kier molecular flexibility index (Phi) is 5.22. The van der Waals surface area contributed by atoms with E-state index in [9.17, 15) is 5.11 Å². The van der Waals surface area contributed by atoms with Crippen molar-refractivity contribution in [3.8, 4) is 0 Å². The van der Waals surface area contributed by atoms with Crippen LogP contribution in [-0.4, -0.2) is 33.1 Å². The van der Waals surface area contributed by atoms with E-state index in [0.29, 0.717) is 18.5 Å². The summed E-state index contributed by atoms with van der Waals surface area (Å²) in [5.41, 5.74) is 0.322. The molecule has 114 valence electrons. The standard InChI is InChI=1S/C16H29N3O/c1-13(2)17-10-9-16(3,20)12-14-8-11-19(18-14)15-6-4-5-7-15/h8,11,13,15,17,20H,4-7,9-10,12H2,1-3H3. The van der Waals surface area contributed by atoms with Crippen LogP contribution in [0.15, 0.2) is 12.3 Å². The molecule has 4 nitrogen and oxygen atoms in total. The predicted molar refractivity (Wildman–Crippen MR) is 81.8 cm³/mol. The van der Waals surface area contributed by atoms with Gasteiger partial charge in [0.25, 0.3) is 0 Å². The lowest BCUT2D eigenvalue weighted by atomic mass is 9.96. The molecule has 1 aliphatic rings. The lowest BCUT2D eigenvalue weighted by Crippen LogP contribution is -2.34. The first-order valence-corrected chi connectivity index (χ1v) is 7.96. The van der Waals surface area contributed by atoms with Gasteiger partial charge in [0.05, 0.1) is 17.3 Å². The molecular formula is C16H29N3O. The van der Waals surface area contributed by atoms with E-state index < -0.39 is 5.60 Å². The van der Waals surface area contributed by atoms with Crippen LogP contribution in [0.4, 0.5) is 0 Å². The highest BCUT2D eigenvalue weighted by molar-refractivity contribution is 5.04. The summed E-state index contributed by atoms with van der Waals surface area (Å²) in [6, 6.07) is 3.10. The van der Waals surface area contributed by atoms with Gasteiger partial charge in [-0.2, -0.15) is 5.10 Å². The monoisotopic (exact) mass is 279 g/mol. The molecular weight excluding hydrogens is 250 g/mol. The van der Waals surface area contributed by atoms with Crippen LogP contribution in [0.5, 0.6) is 0 Å². The lowest BCUT2D eigenvalue weighted by Gasteiger charge is -2.23. The fourth-order valence-corrected chi connectivity index (χ4v) is 2.95. The number of aliphatic hydroxyl groups is 1. The maximum atomic E-state index is 10.5. The van der Waals surface area contributed by atoms with Crippen LogP contribution in [0.25, 0.3) is 0 Å².